The number of nitrogens with one attached hydrogen (secondary N) is 9. The molecule has 0 saturated heterocycles. The minimum atomic E-state index is -1.37. The van der Waals surface area contributed by atoms with Crippen molar-refractivity contribution >= 4 is 81.8 Å². The van der Waals surface area contributed by atoms with E-state index in [2.05, 4.69) is 47.9 Å². The lowest BCUT2D eigenvalue weighted by Crippen LogP contribution is -2.58. The van der Waals surface area contributed by atoms with Crippen LogP contribution in [0.15, 0.2) is 72.8 Å². The van der Waals surface area contributed by atoms with Gasteiger partial charge in [-0.25, -0.2) is 0 Å². The standard InChI is InChI=1S/C65H95N9O17/c1-48(75)13-7-16-64(85)74-65(45-86-42-31-61(82)66-34-6-5-14-55(79)15-8-39-89-56-25-19-52(20-26-56)71-49(2)76,46-87-43-32-62(83)69-37-11-35-67-59(80)17-9-40-90-57-27-21-53(22-28-57)72-50(3)77)47-88-44-33-63(84)70-38-12-36-68-60(81)18-10-41-91-58-29-23-54(24-30-58)73-51(4)78/h19-30H,5-18,31-47H2,1-4H3,(H,66,82)(H,67,80)(H,68,81)(H,69,83)(H,70,84)(H,71,76)(H,72,77)(H,73,78)(H,74,85). The highest BCUT2D eigenvalue weighted by atomic mass is 16.5. The predicted molar refractivity (Wildman–Crippen MR) is 341 cm³/mol. The van der Waals surface area contributed by atoms with E-state index in [1.54, 1.807) is 72.8 Å². The summed E-state index contributed by atoms with van der Waals surface area (Å²) in [5.41, 5.74) is 0.590. The van der Waals surface area contributed by atoms with Crippen LogP contribution in [0.25, 0.3) is 0 Å². The summed E-state index contributed by atoms with van der Waals surface area (Å²) in [4.78, 5) is 135. The molecule has 0 saturated carbocycles. The zero-order valence-electron chi connectivity index (χ0n) is 53.3. The van der Waals surface area contributed by atoms with E-state index in [0.29, 0.717) is 132 Å². The van der Waals surface area contributed by atoms with Gasteiger partial charge in [0.25, 0.3) is 0 Å². The fraction of sp³-hybridized carbons (Fsp3) is 0.554. The molecule has 0 aromatic heterocycles. The van der Waals surface area contributed by atoms with Crippen LogP contribution in [0.1, 0.15) is 137 Å². The monoisotopic (exact) mass is 1270 g/mol. The highest BCUT2D eigenvalue weighted by Crippen LogP contribution is 2.19. The molecule has 0 aliphatic carbocycles. The molecule has 0 fully saturated rings. The molecule has 502 valence electrons. The quantitative estimate of drug-likeness (QED) is 0.0321. The van der Waals surface area contributed by atoms with Gasteiger partial charge in [-0.05, 0) is 131 Å². The molecule has 3 aromatic rings. The van der Waals surface area contributed by atoms with Gasteiger partial charge in [0.1, 0.15) is 34.4 Å². The molecule has 26 heteroatoms. The van der Waals surface area contributed by atoms with Crippen molar-refractivity contribution in [3.05, 3.63) is 72.8 Å². The number of benzene rings is 3. The lowest BCUT2D eigenvalue weighted by atomic mass is 10.0. The molecule has 0 heterocycles. The average Bonchev–Trinajstić information content (AvgIpc) is 3.72. The minimum absolute atomic E-state index is 0.00785. The number of ketones is 2. The van der Waals surface area contributed by atoms with Crippen LogP contribution < -0.4 is 62.1 Å². The number of carbonyl (C=O) groups is 11. The van der Waals surface area contributed by atoms with Crippen molar-refractivity contribution < 1.29 is 81.2 Å². The maximum absolute atomic E-state index is 13.5. The highest BCUT2D eigenvalue weighted by Gasteiger charge is 2.34. The van der Waals surface area contributed by atoms with Crippen molar-refractivity contribution in [1.82, 2.24) is 31.9 Å². The van der Waals surface area contributed by atoms with Crippen LogP contribution in [0, 0.1) is 0 Å². The number of rotatable bonds is 51. The third-order valence-corrected chi connectivity index (χ3v) is 13.1. The smallest absolute Gasteiger partial charge is 0.222 e. The zero-order chi connectivity index (χ0) is 66.3. The second-order valence-electron chi connectivity index (χ2n) is 21.7. The maximum atomic E-state index is 13.5. The fourth-order valence-electron chi connectivity index (χ4n) is 8.53. The summed E-state index contributed by atoms with van der Waals surface area (Å²) in [5.74, 6) is -0.337. The summed E-state index contributed by atoms with van der Waals surface area (Å²) in [7, 11) is 0. The van der Waals surface area contributed by atoms with Gasteiger partial charge in [0.2, 0.25) is 53.2 Å². The molecule has 0 atom stereocenters. The average molecular weight is 1270 g/mol. The summed E-state index contributed by atoms with van der Waals surface area (Å²) >= 11 is 0. The first-order valence-corrected chi connectivity index (χ1v) is 31.2. The van der Waals surface area contributed by atoms with E-state index in [1.807, 2.05) is 0 Å². The van der Waals surface area contributed by atoms with Crippen LogP contribution in [0.4, 0.5) is 17.1 Å². The van der Waals surface area contributed by atoms with E-state index in [9.17, 15) is 52.7 Å². The third-order valence-electron chi connectivity index (χ3n) is 13.1. The van der Waals surface area contributed by atoms with E-state index < -0.39 is 11.4 Å². The van der Waals surface area contributed by atoms with Crippen molar-refractivity contribution in [2.75, 3.05) is 108 Å². The lowest BCUT2D eigenvalue weighted by Gasteiger charge is -2.34. The van der Waals surface area contributed by atoms with Gasteiger partial charge in [-0.3, -0.25) is 47.9 Å². The first kappa shape index (κ1) is 76.8. The van der Waals surface area contributed by atoms with Crippen molar-refractivity contribution in [3.8, 4) is 17.2 Å². The van der Waals surface area contributed by atoms with Crippen LogP contribution in [0.5, 0.6) is 17.2 Å². The second-order valence-corrected chi connectivity index (χ2v) is 21.7. The number of anilines is 3. The molecular weight excluding hydrogens is 1180 g/mol. The number of ether oxygens (including phenoxy) is 6. The van der Waals surface area contributed by atoms with Gasteiger partial charge in [0, 0.05) is 128 Å². The van der Waals surface area contributed by atoms with E-state index in [0.717, 1.165) is 0 Å². The zero-order valence-corrected chi connectivity index (χ0v) is 53.3. The Morgan fingerprint density at radius 3 is 0.967 bits per heavy atom. The fourth-order valence-corrected chi connectivity index (χ4v) is 8.53. The SMILES string of the molecule is CC(=O)CCCC(=O)NC(COCCC(=O)NCCCCC(=O)CCCOc1ccc(NC(C)=O)cc1)(COCCC(=O)NCCCNC(=O)CCCOc1ccc(NC(C)=O)cc1)COCCC(=O)NCCCNC(=O)CCCOc1ccc(NC(C)=O)cc1. The molecule has 3 aromatic carbocycles. The van der Waals surface area contributed by atoms with Gasteiger partial charge in [-0.2, -0.15) is 0 Å². The number of amides is 9. The Balaban J connectivity index is 1.45. The second kappa shape index (κ2) is 46.6. The van der Waals surface area contributed by atoms with Crippen LogP contribution in [0.2, 0.25) is 0 Å². The molecule has 9 amide bonds. The lowest BCUT2D eigenvalue weighted by molar-refractivity contribution is -0.131. The molecule has 0 unspecified atom stereocenters. The van der Waals surface area contributed by atoms with Crippen LogP contribution in [0.3, 0.4) is 0 Å². The van der Waals surface area contributed by atoms with E-state index in [-0.39, 0.29) is 163 Å². The first-order valence-electron chi connectivity index (χ1n) is 31.2. The molecule has 0 radical (unpaired) electrons. The maximum Gasteiger partial charge on any atom is 0.222 e. The molecule has 0 spiro atoms. The Bertz CT molecular complexity index is 2450. The Hall–Kier alpha value is -8.49. The van der Waals surface area contributed by atoms with Gasteiger partial charge < -0.3 is 81.1 Å². The third kappa shape index (κ3) is 40.0. The topological polar surface area (TPSA) is 351 Å². The number of carbonyl (C=O) groups excluding carboxylic acids is 11. The number of Topliss-reactive ketones (excluding diaryl/α,β-unsaturated/α-hetero) is 2. The molecular formula is C65H95N9O17. The minimum Gasteiger partial charge on any atom is -0.494 e. The number of unbranched alkanes of at least 4 members (excludes halogenated alkanes) is 1. The van der Waals surface area contributed by atoms with E-state index in [1.165, 1.54) is 27.7 Å². The van der Waals surface area contributed by atoms with Crippen LogP contribution in [-0.4, -0.2) is 162 Å². The van der Waals surface area contributed by atoms with Gasteiger partial charge in [0.05, 0.1) is 59.5 Å². The summed E-state index contributed by atoms with van der Waals surface area (Å²) in [6.45, 7) is 7.50. The van der Waals surface area contributed by atoms with Gasteiger partial charge in [-0.1, -0.05) is 0 Å². The molecule has 0 bridgehead atoms. The summed E-state index contributed by atoms with van der Waals surface area (Å²) < 4.78 is 35.1. The Labute approximate surface area is 533 Å². The van der Waals surface area contributed by atoms with Gasteiger partial charge >= 0.3 is 0 Å². The molecule has 26 nitrogen and oxygen atoms in total. The molecule has 3 rings (SSSR count). The Morgan fingerprint density at radius 2 is 0.626 bits per heavy atom. The normalized spacial score (nSPS) is 10.9. The van der Waals surface area contributed by atoms with Crippen LogP contribution in [-0.2, 0) is 67.0 Å². The van der Waals surface area contributed by atoms with Gasteiger partial charge in [0.15, 0.2) is 0 Å². The summed E-state index contributed by atoms with van der Waals surface area (Å²) in [6, 6.07) is 20.8. The molecule has 9 N–H and O–H groups in total. The van der Waals surface area contributed by atoms with Crippen molar-refractivity contribution in [1.29, 1.82) is 0 Å². The molecule has 0 aliphatic rings. The van der Waals surface area contributed by atoms with Crippen molar-refractivity contribution in [2.24, 2.45) is 0 Å². The largest absolute Gasteiger partial charge is 0.494 e. The molecule has 91 heavy (non-hydrogen) atoms. The van der Waals surface area contributed by atoms with Crippen molar-refractivity contribution in [3.63, 3.8) is 0 Å². The Kier molecular flexibility index (Phi) is 39.3. The predicted octanol–water partition coefficient (Wildman–Crippen LogP) is 5.37. The number of hydrogen-bond donors (Lipinski definition) is 9. The Morgan fingerprint density at radius 1 is 0.319 bits per heavy atom. The number of hydrogen-bond acceptors (Lipinski definition) is 17. The van der Waals surface area contributed by atoms with E-state index >= 15 is 0 Å². The first-order chi connectivity index (χ1) is 43.8. The molecule has 0 aliphatic heterocycles. The van der Waals surface area contributed by atoms with Crippen LogP contribution >= 0.6 is 0 Å². The van der Waals surface area contributed by atoms with E-state index in [4.69, 9.17) is 28.4 Å². The van der Waals surface area contributed by atoms with Crippen molar-refractivity contribution in [2.45, 2.75) is 142 Å². The van der Waals surface area contributed by atoms with Gasteiger partial charge in [-0.15, -0.1) is 0 Å². The highest BCUT2D eigenvalue weighted by molar-refractivity contribution is 5.90. The summed E-state index contributed by atoms with van der Waals surface area (Å²) in [5, 5.41) is 25.1. The summed E-state index contributed by atoms with van der Waals surface area (Å²) in [6.07, 6.45) is 5.12.